The van der Waals surface area contributed by atoms with Crippen molar-refractivity contribution < 1.29 is 14.3 Å². The maximum atomic E-state index is 13.4. The molecule has 128 valence electrons. The monoisotopic (exact) mass is 331 g/mol. The number of imidazole rings is 1. The molecule has 5 nitrogen and oxygen atoms in total. The van der Waals surface area contributed by atoms with Crippen LogP contribution < -0.4 is 0 Å². The normalized spacial score (nSPS) is 17.9. The van der Waals surface area contributed by atoms with Crippen LogP contribution in [0.4, 0.5) is 4.39 Å². The zero-order chi connectivity index (χ0) is 17.1. The van der Waals surface area contributed by atoms with Crippen LogP contribution in [-0.2, 0) is 17.8 Å². The number of nitrogens with zero attached hydrogens (tertiary/aromatic N) is 3. The minimum Gasteiger partial charge on any atom is -0.505 e. The Hall–Kier alpha value is -2.37. The van der Waals surface area contributed by atoms with Crippen LogP contribution in [0.1, 0.15) is 37.1 Å². The van der Waals surface area contributed by atoms with E-state index in [9.17, 15) is 14.3 Å². The fraction of sp³-hybridized carbons (Fsp3) is 0.444. The first-order chi connectivity index (χ1) is 11.6. The number of piperidine rings is 1. The van der Waals surface area contributed by atoms with Gasteiger partial charge in [0, 0.05) is 37.9 Å². The van der Waals surface area contributed by atoms with E-state index in [0.29, 0.717) is 12.1 Å². The average Bonchev–Trinajstić information content (AvgIpc) is 3.07. The van der Waals surface area contributed by atoms with Crippen LogP contribution in [0.5, 0.6) is 5.75 Å². The first-order valence-electron chi connectivity index (χ1n) is 8.34. The van der Waals surface area contributed by atoms with Crippen molar-refractivity contribution in [2.24, 2.45) is 0 Å². The van der Waals surface area contributed by atoms with E-state index in [0.717, 1.165) is 31.8 Å². The van der Waals surface area contributed by atoms with Crippen molar-refractivity contribution in [3.63, 3.8) is 0 Å². The van der Waals surface area contributed by atoms with Gasteiger partial charge < -0.3 is 14.6 Å². The lowest BCUT2D eigenvalue weighted by Gasteiger charge is -2.32. The highest BCUT2D eigenvalue weighted by molar-refractivity contribution is 5.79. The first-order valence-corrected chi connectivity index (χ1v) is 8.34. The predicted octanol–water partition coefficient (Wildman–Crippen LogP) is 2.70. The summed E-state index contributed by atoms with van der Waals surface area (Å²) in [6.07, 6.45) is 5.88. The Balaban J connectivity index is 1.67. The van der Waals surface area contributed by atoms with Crippen LogP contribution in [-0.4, -0.2) is 38.6 Å². The van der Waals surface area contributed by atoms with Gasteiger partial charge in [-0.2, -0.15) is 0 Å². The van der Waals surface area contributed by atoms with E-state index in [1.165, 1.54) is 12.1 Å². The molecule has 1 aromatic carbocycles. The van der Waals surface area contributed by atoms with Gasteiger partial charge in [0.1, 0.15) is 5.82 Å². The molecule has 0 saturated carbocycles. The first kappa shape index (κ1) is 16.5. The van der Waals surface area contributed by atoms with E-state index in [-0.39, 0.29) is 18.2 Å². The summed E-state index contributed by atoms with van der Waals surface area (Å²) >= 11 is 0. The number of phenols is 1. The van der Waals surface area contributed by atoms with E-state index in [1.807, 2.05) is 11.1 Å². The molecule has 3 rings (SSSR count). The predicted molar refractivity (Wildman–Crippen MR) is 88.2 cm³/mol. The van der Waals surface area contributed by atoms with E-state index >= 15 is 0 Å². The molecule has 1 amide bonds. The molecule has 2 aromatic rings. The zero-order valence-electron chi connectivity index (χ0n) is 13.8. The summed E-state index contributed by atoms with van der Waals surface area (Å²) in [6.45, 7) is 4.32. The van der Waals surface area contributed by atoms with Crippen molar-refractivity contribution in [1.29, 1.82) is 0 Å². The Morgan fingerprint density at radius 1 is 1.46 bits per heavy atom. The van der Waals surface area contributed by atoms with E-state index in [2.05, 4.69) is 16.5 Å². The van der Waals surface area contributed by atoms with Gasteiger partial charge in [-0.05, 0) is 37.5 Å². The van der Waals surface area contributed by atoms with Gasteiger partial charge in [-0.1, -0.05) is 6.07 Å². The lowest BCUT2D eigenvalue weighted by atomic mass is 9.96. The summed E-state index contributed by atoms with van der Waals surface area (Å²) in [6, 6.07) is 4.09. The SMILES string of the molecule is CCn1ccnc1[C@H]1CCCN(C(=O)Cc2ccc(O)c(F)c2)C1. The second-order valence-electron chi connectivity index (χ2n) is 6.21. The Morgan fingerprint density at radius 2 is 2.29 bits per heavy atom. The summed E-state index contributed by atoms with van der Waals surface area (Å²) < 4.78 is 15.5. The number of benzene rings is 1. The number of carbonyl (C=O) groups is 1. The van der Waals surface area contributed by atoms with Gasteiger partial charge in [0.25, 0.3) is 0 Å². The molecule has 2 heterocycles. The second kappa shape index (κ2) is 7.03. The largest absolute Gasteiger partial charge is 0.505 e. The quantitative estimate of drug-likeness (QED) is 0.937. The van der Waals surface area contributed by atoms with Crippen LogP contribution in [0.2, 0.25) is 0 Å². The molecule has 1 aliphatic rings. The van der Waals surface area contributed by atoms with Crippen LogP contribution in [0, 0.1) is 5.82 Å². The van der Waals surface area contributed by atoms with E-state index in [4.69, 9.17) is 0 Å². The Morgan fingerprint density at radius 3 is 3.04 bits per heavy atom. The third-order valence-electron chi connectivity index (χ3n) is 4.60. The number of hydrogen-bond donors (Lipinski definition) is 1. The molecule has 0 unspecified atom stereocenters. The highest BCUT2D eigenvalue weighted by Gasteiger charge is 2.27. The zero-order valence-corrected chi connectivity index (χ0v) is 13.8. The number of aryl methyl sites for hydroxylation is 1. The van der Waals surface area contributed by atoms with Gasteiger partial charge in [0.05, 0.1) is 6.42 Å². The molecule has 1 aromatic heterocycles. The number of phenolic OH excluding ortho intramolecular Hbond substituents is 1. The molecule has 1 atom stereocenters. The third kappa shape index (κ3) is 3.42. The average molecular weight is 331 g/mol. The van der Waals surface area contributed by atoms with Crippen LogP contribution in [0.3, 0.4) is 0 Å². The lowest BCUT2D eigenvalue weighted by molar-refractivity contribution is -0.131. The Labute approximate surface area is 140 Å². The van der Waals surface area contributed by atoms with Crippen LogP contribution in [0.15, 0.2) is 30.6 Å². The molecule has 0 aliphatic carbocycles. The highest BCUT2D eigenvalue weighted by Crippen LogP contribution is 2.26. The van der Waals surface area contributed by atoms with Gasteiger partial charge in [-0.15, -0.1) is 0 Å². The van der Waals surface area contributed by atoms with Crippen molar-refractivity contribution >= 4 is 5.91 Å². The highest BCUT2D eigenvalue weighted by atomic mass is 19.1. The maximum absolute atomic E-state index is 13.4. The van der Waals surface area contributed by atoms with Crippen LogP contribution >= 0.6 is 0 Å². The minimum absolute atomic E-state index is 0.0144. The van der Waals surface area contributed by atoms with E-state index < -0.39 is 11.6 Å². The van der Waals surface area contributed by atoms with Crippen molar-refractivity contribution in [3.05, 3.63) is 47.8 Å². The molecule has 0 spiro atoms. The fourth-order valence-corrected chi connectivity index (χ4v) is 3.31. The number of halogens is 1. The molecule has 1 fully saturated rings. The Kier molecular flexibility index (Phi) is 4.83. The number of aromatic hydroxyl groups is 1. The fourth-order valence-electron chi connectivity index (χ4n) is 3.31. The Bertz CT molecular complexity index is 729. The van der Waals surface area contributed by atoms with Crippen molar-refractivity contribution in [3.8, 4) is 5.75 Å². The summed E-state index contributed by atoms with van der Waals surface area (Å²) in [7, 11) is 0. The molecule has 6 heteroatoms. The van der Waals surface area contributed by atoms with Crippen molar-refractivity contribution in [2.45, 2.75) is 38.6 Å². The molecule has 1 aliphatic heterocycles. The van der Waals surface area contributed by atoms with Crippen molar-refractivity contribution in [2.75, 3.05) is 13.1 Å². The van der Waals surface area contributed by atoms with Gasteiger partial charge in [-0.3, -0.25) is 4.79 Å². The molecule has 24 heavy (non-hydrogen) atoms. The summed E-state index contributed by atoms with van der Waals surface area (Å²) in [5, 5.41) is 9.24. The maximum Gasteiger partial charge on any atom is 0.227 e. The number of likely N-dealkylation sites (tertiary alicyclic amines) is 1. The van der Waals surface area contributed by atoms with Crippen molar-refractivity contribution in [1.82, 2.24) is 14.5 Å². The smallest absolute Gasteiger partial charge is 0.227 e. The third-order valence-corrected chi connectivity index (χ3v) is 4.60. The second-order valence-corrected chi connectivity index (χ2v) is 6.21. The van der Waals surface area contributed by atoms with Gasteiger partial charge >= 0.3 is 0 Å². The van der Waals surface area contributed by atoms with Gasteiger partial charge in [0.15, 0.2) is 11.6 Å². The van der Waals surface area contributed by atoms with Gasteiger partial charge in [-0.25, -0.2) is 9.37 Å². The summed E-state index contributed by atoms with van der Waals surface area (Å²) in [5.41, 5.74) is 0.576. The molecule has 1 N–H and O–H groups in total. The standard InChI is InChI=1S/C18H22FN3O2/c1-2-21-9-7-20-18(21)14-4-3-8-22(12-14)17(24)11-13-5-6-16(23)15(19)10-13/h5-7,9-10,14,23H,2-4,8,11-12H2,1H3/t14-/m0/s1. The molecule has 0 bridgehead atoms. The van der Waals surface area contributed by atoms with Gasteiger partial charge in [0.2, 0.25) is 5.91 Å². The molecule has 0 radical (unpaired) electrons. The van der Waals surface area contributed by atoms with E-state index in [1.54, 1.807) is 12.3 Å². The number of hydrogen-bond acceptors (Lipinski definition) is 3. The summed E-state index contributed by atoms with van der Waals surface area (Å²) in [4.78, 5) is 18.8. The summed E-state index contributed by atoms with van der Waals surface area (Å²) in [5.74, 6) is 0.178. The number of rotatable bonds is 4. The number of aromatic nitrogens is 2. The number of amides is 1. The van der Waals surface area contributed by atoms with Crippen LogP contribution in [0.25, 0.3) is 0 Å². The molecule has 1 saturated heterocycles. The topological polar surface area (TPSA) is 58.4 Å². The molecular formula is C18H22FN3O2. The number of carbonyl (C=O) groups excluding carboxylic acids is 1. The minimum atomic E-state index is -0.693. The lowest BCUT2D eigenvalue weighted by Crippen LogP contribution is -2.40. The molecular weight excluding hydrogens is 309 g/mol.